The van der Waals surface area contributed by atoms with Crippen LogP contribution in [0.25, 0.3) is 0 Å². The highest BCUT2D eigenvalue weighted by Gasteiger charge is 2.39. The molecule has 0 saturated heterocycles. The zero-order valence-corrected chi connectivity index (χ0v) is 14.4. The first-order chi connectivity index (χ1) is 9.30. The van der Waals surface area contributed by atoms with Crippen LogP contribution in [-0.2, 0) is 4.74 Å². The maximum Gasteiger partial charge on any atom is 0.0757 e. The van der Waals surface area contributed by atoms with Crippen molar-refractivity contribution in [2.45, 2.75) is 85.0 Å². The number of rotatable bonds is 3. The third-order valence-corrected chi connectivity index (χ3v) is 5.45. The lowest BCUT2D eigenvalue weighted by atomic mass is 9.71. The molecule has 2 fully saturated rings. The first-order valence-electron chi connectivity index (χ1n) is 8.63. The average molecular weight is 281 g/mol. The molecule has 0 aromatic rings. The summed E-state index contributed by atoms with van der Waals surface area (Å²) in [5.41, 5.74) is 0.447. The molecule has 0 spiro atoms. The quantitative estimate of drug-likeness (QED) is 0.835. The van der Waals surface area contributed by atoms with E-state index < -0.39 is 0 Å². The fraction of sp³-hybridized carbons (Fsp3) is 1.00. The smallest absolute Gasteiger partial charge is 0.0757 e. The molecular formula is C18H35NO. The van der Waals surface area contributed by atoms with Crippen LogP contribution in [0.1, 0.15) is 66.7 Å². The minimum Gasteiger partial charge on any atom is -0.373 e. The lowest BCUT2D eigenvalue weighted by Gasteiger charge is -2.45. The van der Waals surface area contributed by atoms with E-state index in [-0.39, 0.29) is 0 Å². The Morgan fingerprint density at radius 2 is 1.65 bits per heavy atom. The van der Waals surface area contributed by atoms with E-state index >= 15 is 0 Å². The summed E-state index contributed by atoms with van der Waals surface area (Å²) in [4.78, 5) is 0. The molecule has 0 aromatic carbocycles. The average Bonchev–Trinajstić information content (AvgIpc) is 2.29. The van der Waals surface area contributed by atoms with Crippen molar-refractivity contribution in [3.8, 4) is 0 Å². The second kappa shape index (κ2) is 6.36. The monoisotopic (exact) mass is 281 g/mol. The van der Waals surface area contributed by atoms with Gasteiger partial charge < -0.3 is 10.1 Å². The molecule has 6 unspecified atom stereocenters. The van der Waals surface area contributed by atoms with Crippen molar-refractivity contribution < 1.29 is 4.74 Å². The SMILES string of the molecule is CNC1CC(C)CC(C)C1OC1CC(C)CC(C)(C)C1. The van der Waals surface area contributed by atoms with Gasteiger partial charge in [0.15, 0.2) is 0 Å². The Labute approximate surface area is 126 Å². The zero-order valence-electron chi connectivity index (χ0n) is 14.4. The Bertz CT molecular complexity index is 315. The molecule has 1 N–H and O–H groups in total. The molecule has 0 radical (unpaired) electrons. The highest BCUT2D eigenvalue weighted by molar-refractivity contribution is 4.91. The van der Waals surface area contributed by atoms with Crippen LogP contribution in [0.4, 0.5) is 0 Å². The summed E-state index contributed by atoms with van der Waals surface area (Å²) in [6, 6.07) is 0.536. The molecule has 20 heavy (non-hydrogen) atoms. The fourth-order valence-corrected chi connectivity index (χ4v) is 4.92. The van der Waals surface area contributed by atoms with Crippen LogP contribution < -0.4 is 5.32 Å². The molecule has 0 aliphatic heterocycles. The standard InChI is InChI=1S/C18H35NO/c1-12-7-14(3)17(16(9-12)19-6)20-15-8-13(2)10-18(4,5)11-15/h12-17,19H,7-11H2,1-6H3. The van der Waals surface area contributed by atoms with Crippen molar-refractivity contribution in [3.63, 3.8) is 0 Å². The van der Waals surface area contributed by atoms with E-state index in [9.17, 15) is 0 Å². The molecule has 0 amide bonds. The summed E-state index contributed by atoms with van der Waals surface area (Å²) in [6.07, 6.45) is 7.27. The van der Waals surface area contributed by atoms with Gasteiger partial charge >= 0.3 is 0 Å². The summed E-state index contributed by atoms with van der Waals surface area (Å²) in [5, 5.41) is 3.51. The van der Waals surface area contributed by atoms with Gasteiger partial charge in [-0.3, -0.25) is 0 Å². The zero-order chi connectivity index (χ0) is 14.9. The molecule has 0 heterocycles. The van der Waals surface area contributed by atoms with Crippen molar-refractivity contribution in [1.82, 2.24) is 5.32 Å². The Morgan fingerprint density at radius 3 is 2.25 bits per heavy atom. The third-order valence-electron chi connectivity index (χ3n) is 5.45. The van der Waals surface area contributed by atoms with Crippen LogP contribution in [0.5, 0.6) is 0 Å². The van der Waals surface area contributed by atoms with Crippen LogP contribution in [0.2, 0.25) is 0 Å². The molecule has 2 nitrogen and oxygen atoms in total. The summed E-state index contributed by atoms with van der Waals surface area (Å²) in [5.74, 6) is 2.30. The van der Waals surface area contributed by atoms with Gasteiger partial charge in [-0.15, -0.1) is 0 Å². The minimum absolute atomic E-state index is 0.405. The second-order valence-electron chi connectivity index (χ2n) is 8.59. The molecule has 2 aliphatic rings. The van der Waals surface area contributed by atoms with E-state index in [1.165, 1.54) is 32.1 Å². The Balaban J connectivity index is 2.00. The second-order valence-corrected chi connectivity index (χ2v) is 8.59. The normalized spacial score (nSPS) is 45.3. The van der Waals surface area contributed by atoms with E-state index in [0.717, 1.165) is 11.8 Å². The number of hydrogen-bond donors (Lipinski definition) is 1. The first kappa shape index (κ1) is 16.3. The lowest BCUT2D eigenvalue weighted by molar-refractivity contribution is -0.111. The molecule has 2 rings (SSSR count). The van der Waals surface area contributed by atoms with Gasteiger partial charge in [0.25, 0.3) is 0 Å². The number of ether oxygens (including phenoxy) is 1. The van der Waals surface area contributed by atoms with Crippen LogP contribution in [-0.4, -0.2) is 25.3 Å². The maximum atomic E-state index is 6.64. The van der Waals surface area contributed by atoms with Crippen molar-refractivity contribution in [3.05, 3.63) is 0 Å². The van der Waals surface area contributed by atoms with E-state index in [0.29, 0.717) is 29.6 Å². The van der Waals surface area contributed by atoms with Gasteiger partial charge in [0.05, 0.1) is 12.2 Å². The summed E-state index contributed by atoms with van der Waals surface area (Å²) in [7, 11) is 2.10. The van der Waals surface area contributed by atoms with E-state index in [4.69, 9.17) is 4.74 Å². The molecule has 118 valence electrons. The van der Waals surface area contributed by atoms with Crippen LogP contribution >= 0.6 is 0 Å². The number of nitrogens with one attached hydrogen (secondary N) is 1. The summed E-state index contributed by atoms with van der Waals surface area (Å²) < 4.78 is 6.64. The third kappa shape index (κ3) is 3.98. The van der Waals surface area contributed by atoms with Gasteiger partial charge in [-0.2, -0.15) is 0 Å². The molecular weight excluding hydrogens is 246 g/mol. The lowest BCUT2D eigenvalue weighted by Crippen LogP contribution is -2.50. The molecule has 2 heteroatoms. The summed E-state index contributed by atoms with van der Waals surface area (Å²) in [6.45, 7) is 12.0. The highest BCUT2D eigenvalue weighted by Crippen LogP contribution is 2.41. The predicted molar refractivity (Wildman–Crippen MR) is 85.9 cm³/mol. The van der Waals surface area contributed by atoms with Gasteiger partial charge in [0, 0.05) is 6.04 Å². The number of likely N-dealkylation sites (N-methyl/N-ethyl adjacent to an activating group) is 1. The maximum absolute atomic E-state index is 6.64. The predicted octanol–water partition coefficient (Wildman–Crippen LogP) is 4.24. The molecule has 2 aliphatic carbocycles. The Hall–Kier alpha value is -0.0800. The summed E-state index contributed by atoms with van der Waals surface area (Å²) >= 11 is 0. The molecule has 0 bridgehead atoms. The van der Waals surface area contributed by atoms with E-state index in [2.05, 4.69) is 47.0 Å². The van der Waals surface area contributed by atoms with Gasteiger partial charge in [-0.25, -0.2) is 0 Å². The van der Waals surface area contributed by atoms with Crippen LogP contribution in [0.15, 0.2) is 0 Å². The Morgan fingerprint density at radius 1 is 0.950 bits per heavy atom. The van der Waals surface area contributed by atoms with Crippen molar-refractivity contribution in [1.29, 1.82) is 0 Å². The van der Waals surface area contributed by atoms with Crippen molar-refractivity contribution >= 4 is 0 Å². The molecule has 6 atom stereocenters. The molecule has 0 aromatic heterocycles. The van der Waals surface area contributed by atoms with Gasteiger partial charge in [0.2, 0.25) is 0 Å². The minimum atomic E-state index is 0.405. The fourth-order valence-electron chi connectivity index (χ4n) is 4.92. The van der Waals surface area contributed by atoms with Gasteiger partial charge in [0.1, 0.15) is 0 Å². The topological polar surface area (TPSA) is 21.3 Å². The van der Waals surface area contributed by atoms with Crippen molar-refractivity contribution in [2.75, 3.05) is 7.05 Å². The first-order valence-corrected chi connectivity index (χ1v) is 8.63. The van der Waals surface area contributed by atoms with Crippen LogP contribution in [0.3, 0.4) is 0 Å². The largest absolute Gasteiger partial charge is 0.373 e. The van der Waals surface area contributed by atoms with E-state index in [1.54, 1.807) is 0 Å². The number of hydrogen-bond acceptors (Lipinski definition) is 2. The van der Waals surface area contributed by atoms with Gasteiger partial charge in [-0.05, 0) is 62.3 Å². The van der Waals surface area contributed by atoms with Crippen LogP contribution in [0, 0.1) is 23.2 Å². The highest BCUT2D eigenvalue weighted by atomic mass is 16.5. The van der Waals surface area contributed by atoms with Crippen molar-refractivity contribution in [2.24, 2.45) is 23.2 Å². The Kier molecular flexibility index (Phi) is 5.18. The van der Waals surface area contributed by atoms with E-state index in [1.807, 2.05) is 0 Å². The molecule has 2 saturated carbocycles. The van der Waals surface area contributed by atoms with Gasteiger partial charge in [-0.1, -0.05) is 34.6 Å².